The second kappa shape index (κ2) is 16.4. The Kier molecular flexibility index (Phi) is 15.7. The fourth-order valence-corrected chi connectivity index (χ4v) is 2.89. The second-order valence-electron chi connectivity index (χ2n) is 6.69. The van der Waals surface area contributed by atoms with Crippen LogP contribution in [-0.4, -0.2) is 11.1 Å². The Hall–Kier alpha value is -0.970. The minimum atomic E-state index is -0.663. The smallest absolute Gasteiger partial charge is 0.303 e. The topological polar surface area (TPSA) is 37.3 Å². The lowest BCUT2D eigenvalue weighted by Crippen LogP contribution is -2.03. The first-order valence-corrected chi connectivity index (χ1v) is 9.32. The summed E-state index contributed by atoms with van der Waals surface area (Å²) in [5.74, 6) is 2.36. The van der Waals surface area contributed by atoms with Crippen LogP contribution in [0.15, 0.2) is 0 Å². The number of carboxylic acids is 1. The van der Waals surface area contributed by atoms with Gasteiger partial charge in [-0.3, -0.25) is 4.79 Å². The van der Waals surface area contributed by atoms with Gasteiger partial charge >= 0.3 is 5.97 Å². The van der Waals surface area contributed by atoms with Gasteiger partial charge in [-0.2, -0.15) is 0 Å². The highest BCUT2D eigenvalue weighted by molar-refractivity contribution is 5.66. The number of hydrogen-bond acceptors (Lipinski definition) is 1. The largest absolute Gasteiger partial charge is 0.481 e. The summed E-state index contributed by atoms with van der Waals surface area (Å²) in [6.07, 6.45) is 23.4. The van der Waals surface area contributed by atoms with E-state index in [1.54, 1.807) is 0 Å². The number of aliphatic carboxylic acids is 1. The Bertz CT molecular complexity index is 291. The molecule has 128 valence electrons. The lowest BCUT2D eigenvalue weighted by Gasteiger charge is -2.07. The van der Waals surface area contributed by atoms with E-state index in [9.17, 15) is 4.79 Å². The van der Waals surface area contributed by atoms with Gasteiger partial charge in [-0.15, -0.1) is 12.3 Å². The van der Waals surface area contributed by atoms with Crippen LogP contribution in [0.4, 0.5) is 0 Å². The van der Waals surface area contributed by atoms with Crippen molar-refractivity contribution in [2.45, 2.75) is 103 Å². The van der Waals surface area contributed by atoms with Crippen molar-refractivity contribution in [2.75, 3.05) is 0 Å². The quantitative estimate of drug-likeness (QED) is 0.272. The summed E-state index contributed by atoms with van der Waals surface area (Å²) < 4.78 is 0. The molecule has 22 heavy (non-hydrogen) atoms. The number of carboxylic acid groups (broad SMARTS) is 1. The lowest BCUT2D eigenvalue weighted by molar-refractivity contribution is -0.138. The lowest BCUT2D eigenvalue weighted by atomic mass is 9.99. The average molecular weight is 309 g/mol. The fourth-order valence-electron chi connectivity index (χ4n) is 2.89. The van der Waals surface area contributed by atoms with Crippen molar-refractivity contribution >= 4 is 5.97 Å². The molecule has 0 aliphatic carbocycles. The van der Waals surface area contributed by atoms with Crippen LogP contribution >= 0.6 is 0 Å². The summed E-state index contributed by atoms with van der Waals surface area (Å²) in [6, 6.07) is 0. The summed E-state index contributed by atoms with van der Waals surface area (Å²) in [6.45, 7) is 2.04. The van der Waals surface area contributed by atoms with Gasteiger partial charge in [0.1, 0.15) is 0 Å². The van der Waals surface area contributed by atoms with Crippen molar-refractivity contribution in [3.63, 3.8) is 0 Å². The Balaban J connectivity index is 3.08. The van der Waals surface area contributed by atoms with Gasteiger partial charge in [0.2, 0.25) is 0 Å². The normalized spacial score (nSPS) is 12.0. The van der Waals surface area contributed by atoms with E-state index in [1.807, 2.05) is 6.92 Å². The molecule has 1 N–H and O–H groups in total. The zero-order chi connectivity index (χ0) is 16.5. The third-order valence-electron chi connectivity index (χ3n) is 4.29. The van der Waals surface area contributed by atoms with Crippen LogP contribution in [0.3, 0.4) is 0 Å². The highest BCUT2D eigenvalue weighted by Crippen LogP contribution is 2.16. The first-order valence-electron chi connectivity index (χ1n) is 9.32. The van der Waals surface area contributed by atoms with Crippen LogP contribution in [0.5, 0.6) is 0 Å². The second-order valence-corrected chi connectivity index (χ2v) is 6.69. The third kappa shape index (κ3) is 17.1. The monoisotopic (exact) mass is 308 g/mol. The summed E-state index contributed by atoms with van der Waals surface area (Å²) >= 11 is 0. The van der Waals surface area contributed by atoms with Gasteiger partial charge in [0, 0.05) is 12.8 Å². The van der Waals surface area contributed by atoms with Gasteiger partial charge < -0.3 is 5.11 Å². The van der Waals surface area contributed by atoms with Gasteiger partial charge in [0.15, 0.2) is 0 Å². The van der Waals surface area contributed by atoms with Crippen molar-refractivity contribution < 1.29 is 9.90 Å². The summed E-state index contributed by atoms with van der Waals surface area (Å²) in [5.41, 5.74) is 0. The summed E-state index contributed by atoms with van der Waals surface area (Å²) in [7, 11) is 0. The molecule has 0 fully saturated rings. The van der Waals surface area contributed by atoms with Crippen LogP contribution in [0.2, 0.25) is 0 Å². The maximum absolute atomic E-state index is 10.5. The zero-order valence-corrected chi connectivity index (χ0v) is 14.6. The van der Waals surface area contributed by atoms with E-state index >= 15 is 0 Å². The molecule has 0 amide bonds. The number of terminal acetylenes is 1. The van der Waals surface area contributed by atoms with E-state index in [4.69, 9.17) is 11.5 Å². The molecule has 0 aromatic carbocycles. The molecule has 0 aliphatic heterocycles. The fraction of sp³-hybridized carbons (Fsp3) is 0.850. The molecule has 0 spiro atoms. The van der Waals surface area contributed by atoms with Gasteiger partial charge in [-0.1, -0.05) is 84.0 Å². The summed E-state index contributed by atoms with van der Waals surface area (Å²) in [5, 5.41) is 8.69. The standard InChI is InChI=1S/C20H36O2/c1-3-4-5-6-7-8-9-10-11-12-13-14-15-16-17-19(2)18-20(21)22/h1,19H,4-18H2,2H3,(H,21,22)/t19-/m1/s1. The molecule has 0 saturated heterocycles. The molecule has 0 aliphatic rings. The number of hydrogen-bond donors (Lipinski definition) is 1. The van der Waals surface area contributed by atoms with Gasteiger partial charge in [0.25, 0.3) is 0 Å². The van der Waals surface area contributed by atoms with E-state index in [0.29, 0.717) is 12.3 Å². The molecule has 0 saturated carbocycles. The van der Waals surface area contributed by atoms with Gasteiger partial charge in [-0.05, 0) is 12.3 Å². The Morgan fingerprint density at radius 1 is 0.864 bits per heavy atom. The zero-order valence-electron chi connectivity index (χ0n) is 14.6. The van der Waals surface area contributed by atoms with Gasteiger partial charge in [-0.25, -0.2) is 0 Å². The maximum atomic E-state index is 10.5. The van der Waals surface area contributed by atoms with Crippen LogP contribution in [-0.2, 0) is 4.79 Å². The van der Waals surface area contributed by atoms with Crippen LogP contribution < -0.4 is 0 Å². The molecule has 0 radical (unpaired) electrons. The molecule has 0 aromatic rings. The molecule has 0 bridgehead atoms. The third-order valence-corrected chi connectivity index (χ3v) is 4.29. The molecule has 0 unspecified atom stereocenters. The Morgan fingerprint density at radius 3 is 1.68 bits per heavy atom. The molecule has 2 heteroatoms. The minimum Gasteiger partial charge on any atom is -0.481 e. The average Bonchev–Trinajstić information content (AvgIpc) is 2.47. The molecule has 0 rings (SSSR count). The highest BCUT2D eigenvalue weighted by atomic mass is 16.4. The Morgan fingerprint density at radius 2 is 1.27 bits per heavy atom. The van der Waals surface area contributed by atoms with Crippen molar-refractivity contribution in [1.29, 1.82) is 0 Å². The number of rotatable bonds is 16. The van der Waals surface area contributed by atoms with E-state index in [2.05, 4.69) is 5.92 Å². The predicted molar refractivity (Wildman–Crippen MR) is 94.9 cm³/mol. The number of unbranched alkanes of at least 4 members (excludes halogenated alkanes) is 12. The van der Waals surface area contributed by atoms with Crippen molar-refractivity contribution in [3.05, 3.63) is 0 Å². The van der Waals surface area contributed by atoms with Crippen molar-refractivity contribution in [1.82, 2.24) is 0 Å². The maximum Gasteiger partial charge on any atom is 0.303 e. The van der Waals surface area contributed by atoms with Crippen LogP contribution in [0, 0.1) is 18.3 Å². The van der Waals surface area contributed by atoms with E-state index < -0.39 is 5.97 Å². The van der Waals surface area contributed by atoms with E-state index in [0.717, 1.165) is 12.8 Å². The van der Waals surface area contributed by atoms with Gasteiger partial charge in [0.05, 0.1) is 0 Å². The van der Waals surface area contributed by atoms with Crippen molar-refractivity contribution in [2.24, 2.45) is 5.92 Å². The first-order chi connectivity index (χ1) is 10.7. The number of carbonyl (C=O) groups is 1. The van der Waals surface area contributed by atoms with E-state index in [-0.39, 0.29) is 0 Å². The molecule has 0 heterocycles. The van der Waals surface area contributed by atoms with Crippen LogP contribution in [0.25, 0.3) is 0 Å². The SMILES string of the molecule is C#CCCCCCCCCCCCCCC[C@@H](C)CC(=O)O. The minimum absolute atomic E-state index is 0.322. The van der Waals surface area contributed by atoms with E-state index in [1.165, 1.54) is 77.0 Å². The highest BCUT2D eigenvalue weighted by Gasteiger charge is 2.06. The molecule has 0 aromatic heterocycles. The van der Waals surface area contributed by atoms with Crippen molar-refractivity contribution in [3.8, 4) is 12.3 Å². The first kappa shape index (κ1) is 21.0. The van der Waals surface area contributed by atoms with Crippen LogP contribution in [0.1, 0.15) is 103 Å². The summed E-state index contributed by atoms with van der Waals surface area (Å²) in [4.78, 5) is 10.5. The Labute approximate surface area is 138 Å². The molecular formula is C20H36O2. The molecule has 1 atom stereocenters. The molecular weight excluding hydrogens is 272 g/mol. The molecule has 2 nitrogen and oxygen atoms in total. The predicted octanol–water partition coefficient (Wildman–Crippen LogP) is 6.19.